The van der Waals surface area contributed by atoms with Gasteiger partial charge in [-0.25, -0.2) is 9.59 Å². The van der Waals surface area contributed by atoms with Crippen LogP contribution in [0.15, 0.2) is 178 Å². The molecule has 9 rings (SSSR count). The zero-order valence-corrected chi connectivity index (χ0v) is 41.7. The molecule has 4 N–H and O–H groups in total. The van der Waals surface area contributed by atoms with Gasteiger partial charge in [0.05, 0.1) is 43.7 Å². The molecule has 366 valence electrons. The van der Waals surface area contributed by atoms with Crippen molar-refractivity contribution >= 4 is 126 Å². The highest BCUT2D eigenvalue weighted by Gasteiger charge is 2.22. The number of phenols is 2. The van der Waals surface area contributed by atoms with E-state index in [1.165, 1.54) is 48.5 Å². The molecule has 0 saturated heterocycles. The molecule has 0 unspecified atom stereocenters. The van der Waals surface area contributed by atoms with E-state index in [0.717, 1.165) is 0 Å². The van der Waals surface area contributed by atoms with E-state index in [0.29, 0.717) is 54.1 Å². The lowest BCUT2D eigenvalue weighted by Gasteiger charge is -2.13. The summed E-state index contributed by atoms with van der Waals surface area (Å²) in [6.45, 7) is 3.52. The maximum absolute atomic E-state index is 13.8. The number of phenolic OH excluding ortho intramolecular Hbond substituents is 2. The highest BCUT2D eigenvalue weighted by Crippen LogP contribution is 2.42. The number of amides is 2. The number of aromatic hydroxyl groups is 2. The maximum atomic E-state index is 13.8. The normalized spacial score (nSPS) is 11.3. The number of esters is 2. The molecule has 9 aromatic rings. The van der Waals surface area contributed by atoms with Gasteiger partial charge in [-0.05, 0) is 133 Å². The topological polar surface area (TPSA) is 201 Å². The van der Waals surface area contributed by atoms with E-state index in [-0.39, 0.29) is 66.5 Å². The number of halogens is 4. The first-order chi connectivity index (χ1) is 35.6. The third-order valence-corrected chi connectivity index (χ3v) is 12.3. The van der Waals surface area contributed by atoms with Gasteiger partial charge >= 0.3 is 11.9 Å². The molecule has 0 aliphatic heterocycles. The van der Waals surface area contributed by atoms with Gasteiger partial charge in [0.15, 0.2) is 23.0 Å². The van der Waals surface area contributed by atoms with Crippen molar-refractivity contribution < 1.29 is 38.9 Å². The molecule has 0 fully saturated rings. The number of nitrogens with one attached hydrogen (secondary N) is 2. The van der Waals surface area contributed by atoms with Crippen LogP contribution in [0.4, 0.5) is 34.1 Å². The van der Waals surface area contributed by atoms with Gasteiger partial charge in [0.25, 0.3) is 11.8 Å². The van der Waals surface area contributed by atoms with Crippen LogP contribution in [0.25, 0.3) is 21.5 Å². The molecule has 0 aliphatic rings. The van der Waals surface area contributed by atoms with Crippen LogP contribution in [0.1, 0.15) is 52.6 Å². The lowest BCUT2D eigenvalue weighted by atomic mass is 10.0. The number of anilines is 2. The Kier molecular flexibility index (Phi) is 14.7. The first-order valence-electron chi connectivity index (χ1n) is 22.2. The van der Waals surface area contributed by atoms with Crippen molar-refractivity contribution in [3.8, 4) is 23.0 Å². The molecule has 0 heterocycles. The van der Waals surface area contributed by atoms with Gasteiger partial charge in [-0.15, -0.1) is 10.2 Å². The number of benzene rings is 9. The van der Waals surface area contributed by atoms with Crippen LogP contribution in [0, 0.1) is 13.8 Å². The second-order valence-corrected chi connectivity index (χ2v) is 18.3. The van der Waals surface area contributed by atoms with Crippen molar-refractivity contribution in [1.29, 1.82) is 0 Å². The molecule has 0 aliphatic carbocycles. The molecule has 9 aromatic carbocycles. The zero-order chi connectivity index (χ0) is 52.2. The highest BCUT2D eigenvalue weighted by atomic mass is 35.5. The number of carbonyl (C=O) groups is 4. The maximum Gasteiger partial charge on any atom is 0.343 e. The Morgan fingerprint density at radius 3 is 1.26 bits per heavy atom. The average Bonchev–Trinajstić information content (AvgIpc) is 3.38. The van der Waals surface area contributed by atoms with Crippen molar-refractivity contribution in [3.05, 3.63) is 211 Å². The van der Waals surface area contributed by atoms with Crippen molar-refractivity contribution in [1.82, 2.24) is 0 Å². The Hall–Kier alpha value is -8.66. The SMILES string of the molecule is Cc1cc(N=Nc2c(O)c(C(=O)Nc3ccc(NC(=O)c4cc5ccccc5c(N=Nc5cc(C)cc(C(=O)Oc6cc(Cl)ccc6Cl)c5)c4O)cc3)cc3ccccc23)cc(C(=O)Oc2cc(Cl)ccc2Cl)c1. The number of ether oxygens (including phenoxy) is 2. The molecule has 0 bridgehead atoms. The third kappa shape index (κ3) is 11.3. The first-order valence-corrected chi connectivity index (χ1v) is 23.7. The molecule has 18 heteroatoms. The van der Waals surface area contributed by atoms with Gasteiger partial charge in [0, 0.05) is 44.3 Å². The number of azo groups is 2. The highest BCUT2D eigenvalue weighted by molar-refractivity contribution is 6.35. The van der Waals surface area contributed by atoms with E-state index < -0.39 is 35.3 Å². The summed E-state index contributed by atoms with van der Waals surface area (Å²) in [7, 11) is 0. The van der Waals surface area contributed by atoms with E-state index >= 15 is 0 Å². The standard InChI is InChI=1S/C56H36Cl4N6O8/c1-29-19-33(55(71)73-47-27-35(57)11-17-45(47)59)23-39(21-29)63-65-49-41-9-5-3-7-31(41)25-43(51(49)67)53(69)61-37-13-15-38(16-14-37)62-54(70)44-26-32-8-4-6-10-42(32)50(52(44)68)66-64-40-22-30(2)20-34(24-40)56(72)74-48-28-36(58)12-18-46(48)60/h3-28,67-68H,1-2H3,(H,61,69)(H,62,70). The quantitative estimate of drug-likeness (QED) is 0.0526. The van der Waals surface area contributed by atoms with Crippen molar-refractivity contribution in [2.24, 2.45) is 20.5 Å². The van der Waals surface area contributed by atoms with Gasteiger partial charge in [0.2, 0.25) is 0 Å². The summed E-state index contributed by atoms with van der Waals surface area (Å²) >= 11 is 24.5. The van der Waals surface area contributed by atoms with Gasteiger partial charge in [-0.2, -0.15) is 10.2 Å². The number of aryl methyl sites for hydroxylation is 2. The molecule has 74 heavy (non-hydrogen) atoms. The van der Waals surface area contributed by atoms with Crippen LogP contribution in [-0.2, 0) is 0 Å². The second-order valence-electron chi connectivity index (χ2n) is 16.6. The summed E-state index contributed by atoms with van der Waals surface area (Å²) < 4.78 is 11.0. The number of rotatable bonds is 12. The molecule has 0 aromatic heterocycles. The summed E-state index contributed by atoms with van der Waals surface area (Å²) in [6.07, 6.45) is 0. The second kappa shape index (κ2) is 21.6. The predicted molar refractivity (Wildman–Crippen MR) is 287 cm³/mol. The van der Waals surface area contributed by atoms with Gasteiger partial charge in [-0.1, -0.05) is 94.9 Å². The van der Waals surface area contributed by atoms with Crippen LogP contribution in [0.5, 0.6) is 23.0 Å². The lowest BCUT2D eigenvalue weighted by molar-refractivity contribution is 0.0725. The van der Waals surface area contributed by atoms with Crippen LogP contribution in [0.2, 0.25) is 20.1 Å². The molecule has 0 spiro atoms. The first kappa shape index (κ1) is 50.3. The average molecular weight is 1060 g/mol. The molecule has 0 atom stereocenters. The molecule has 2 amide bonds. The largest absolute Gasteiger partial charge is 0.505 e. The van der Waals surface area contributed by atoms with Crippen LogP contribution in [0.3, 0.4) is 0 Å². The number of hydrogen-bond donors (Lipinski definition) is 4. The number of carbonyl (C=O) groups excluding carboxylic acids is 4. The van der Waals surface area contributed by atoms with Crippen LogP contribution in [-0.4, -0.2) is 34.0 Å². The minimum absolute atomic E-state index is 0.00662. The molecule has 14 nitrogen and oxygen atoms in total. The molecule has 0 radical (unpaired) electrons. The zero-order valence-electron chi connectivity index (χ0n) is 38.7. The van der Waals surface area contributed by atoms with Crippen molar-refractivity contribution in [2.75, 3.05) is 10.6 Å². The Balaban J connectivity index is 0.913. The summed E-state index contributed by atoms with van der Waals surface area (Å²) in [5.41, 5.74) is 2.60. The molecule has 0 saturated carbocycles. The minimum atomic E-state index is -0.712. The third-order valence-electron chi connectivity index (χ3n) is 11.2. The van der Waals surface area contributed by atoms with E-state index in [1.54, 1.807) is 123 Å². The van der Waals surface area contributed by atoms with E-state index in [9.17, 15) is 29.4 Å². The predicted octanol–water partition coefficient (Wildman–Crippen LogP) is 16.4. The Morgan fingerprint density at radius 2 is 0.851 bits per heavy atom. The van der Waals surface area contributed by atoms with E-state index in [1.807, 2.05) is 0 Å². The smallest absolute Gasteiger partial charge is 0.343 e. The fourth-order valence-corrected chi connectivity index (χ4v) is 8.37. The van der Waals surface area contributed by atoms with Gasteiger partial charge in [-0.3, -0.25) is 9.59 Å². The number of hydrogen-bond acceptors (Lipinski definition) is 12. The van der Waals surface area contributed by atoms with E-state index in [4.69, 9.17) is 55.9 Å². The molecular weight excluding hydrogens is 1030 g/mol. The Labute approximate surface area is 441 Å². The fraction of sp³-hybridized carbons (Fsp3) is 0.0357. The van der Waals surface area contributed by atoms with Crippen LogP contribution >= 0.6 is 46.4 Å². The fourth-order valence-electron chi connectivity index (χ4n) is 7.74. The molecular formula is C56H36Cl4N6O8. The van der Waals surface area contributed by atoms with Crippen molar-refractivity contribution in [2.45, 2.75) is 13.8 Å². The van der Waals surface area contributed by atoms with Gasteiger partial charge in [0.1, 0.15) is 11.4 Å². The summed E-state index contributed by atoms with van der Waals surface area (Å²) in [6, 6.07) is 41.7. The Bertz CT molecular complexity index is 3580. The minimum Gasteiger partial charge on any atom is -0.505 e. The number of fused-ring (bicyclic) bond motifs is 2. The number of nitrogens with zero attached hydrogens (tertiary/aromatic N) is 4. The summed E-state index contributed by atoms with van der Waals surface area (Å²) in [5.74, 6) is -3.50. The van der Waals surface area contributed by atoms with Crippen molar-refractivity contribution in [3.63, 3.8) is 0 Å². The summed E-state index contributed by atoms with van der Waals surface area (Å²) in [4.78, 5) is 53.9. The Morgan fingerprint density at radius 1 is 0.459 bits per heavy atom. The van der Waals surface area contributed by atoms with E-state index in [2.05, 4.69) is 31.1 Å². The van der Waals surface area contributed by atoms with Crippen LogP contribution < -0.4 is 20.1 Å². The van der Waals surface area contributed by atoms with Gasteiger partial charge < -0.3 is 30.3 Å². The lowest BCUT2D eigenvalue weighted by Crippen LogP contribution is -2.13. The monoisotopic (exact) mass is 1060 g/mol. The summed E-state index contributed by atoms with van der Waals surface area (Å²) in [5, 5.41) is 49.3.